The van der Waals surface area contributed by atoms with Gasteiger partial charge in [0.25, 0.3) is 5.91 Å². The quantitative estimate of drug-likeness (QED) is 0.333. The molecule has 2 aromatic carbocycles. The van der Waals surface area contributed by atoms with Crippen LogP contribution in [0.2, 0.25) is 0 Å². The van der Waals surface area contributed by atoms with E-state index >= 15 is 0 Å². The Bertz CT molecular complexity index is 1320. The molecule has 0 atom stereocenters. The third-order valence-corrected chi connectivity index (χ3v) is 7.38. The molecule has 176 valence electrons. The van der Waals surface area contributed by atoms with Crippen LogP contribution in [0.1, 0.15) is 17.3 Å². The van der Waals surface area contributed by atoms with Crippen LogP contribution in [0.15, 0.2) is 52.4 Å². The van der Waals surface area contributed by atoms with E-state index in [9.17, 15) is 18.0 Å². The zero-order valence-corrected chi connectivity index (χ0v) is 20.1. The van der Waals surface area contributed by atoms with Gasteiger partial charge < -0.3 is 18.8 Å². The van der Waals surface area contributed by atoms with Crippen molar-refractivity contribution in [2.75, 3.05) is 33.2 Å². The van der Waals surface area contributed by atoms with Gasteiger partial charge in [0.1, 0.15) is 11.5 Å². The zero-order valence-electron chi connectivity index (χ0n) is 18.4. The monoisotopic (exact) mass is 492 g/mol. The van der Waals surface area contributed by atoms with Crippen LogP contribution in [-0.2, 0) is 30.7 Å². The maximum atomic E-state index is 12.7. The third-order valence-electron chi connectivity index (χ3n) is 4.72. The Morgan fingerprint density at radius 1 is 1.09 bits per heavy atom. The second kappa shape index (κ2) is 10.7. The number of carbonyl (C=O) groups excluding carboxylic acids is 2. The van der Waals surface area contributed by atoms with Crippen molar-refractivity contribution in [2.45, 2.75) is 18.4 Å². The van der Waals surface area contributed by atoms with Crippen molar-refractivity contribution in [3.63, 3.8) is 0 Å². The van der Waals surface area contributed by atoms with E-state index < -0.39 is 27.5 Å². The molecule has 11 heteroatoms. The highest BCUT2D eigenvalue weighted by Gasteiger charge is 2.20. The molecule has 0 N–H and O–H groups in total. The SMILES string of the molecule is CCOCCn1c(=NC(=O)CS(=O)(=O)c2ccc(OC)cc2)sc2cc(C(=O)OC)ccc21. The van der Waals surface area contributed by atoms with Gasteiger partial charge in [-0.2, -0.15) is 4.99 Å². The molecule has 3 aromatic rings. The van der Waals surface area contributed by atoms with Gasteiger partial charge in [-0.15, -0.1) is 0 Å². The van der Waals surface area contributed by atoms with E-state index in [1.807, 2.05) is 6.92 Å². The average Bonchev–Trinajstić information content (AvgIpc) is 3.14. The van der Waals surface area contributed by atoms with Crippen molar-refractivity contribution in [3.8, 4) is 5.75 Å². The molecule has 0 unspecified atom stereocenters. The van der Waals surface area contributed by atoms with E-state index in [1.54, 1.807) is 22.8 Å². The molecule has 0 saturated carbocycles. The smallest absolute Gasteiger partial charge is 0.337 e. The van der Waals surface area contributed by atoms with Gasteiger partial charge in [-0.25, -0.2) is 13.2 Å². The molecule has 0 spiro atoms. The maximum Gasteiger partial charge on any atom is 0.337 e. The van der Waals surface area contributed by atoms with Gasteiger partial charge in [0.15, 0.2) is 14.6 Å². The number of aromatic nitrogens is 1. The molecule has 1 amide bonds. The predicted molar refractivity (Wildman–Crippen MR) is 123 cm³/mol. The number of thiazole rings is 1. The van der Waals surface area contributed by atoms with E-state index in [0.29, 0.717) is 40.6 Å². The largest absolute Gasteiger partial charge is 0.497 e. The van der Waals surface area contributed by atoms with Gasteiger partial charge in [-0.3, -0.25) is 4.79 Å². The van der Waals surface area contributed by atoms with Gasteiger partial charge in [0.05, 0.1) is 41.5 Å². The lowest BCUT2D eigenvalue weighted by molar-refractivity contribution is -0.115. The fraction of sp³-hybridized carbons (Fsp3) is 0.318. The molecule has 0 aliphatic carbocycles. The van der Waals surface area contributed by atoms with Gasteiger partial charge >= 0.3 is 5.97 Å². The molecular formula is C22H24N2O7S2. The minimum Gasteiger partial charge on any atom is -0.497 e. The Balaban J connectivity index is 1.96. The number of amides is 1. The topological polar surface area (TPSA) is 113 Å². The molecule has 3 rings (SSSR count). The first kappa shape index (κ1) is 24.6. The maximum absolute atomic E-state index is 12.7. The number of nitrogens with zero attached hydrogens (tertiary/aromatic N) is 2. The lowest BCUT2D eigenvalue weighted by Crippen LogP contribution is -2.22. The number of carbonyl (C=O) groups is 2. The first-order valence-corrected chi connectivity index (χ1v) is 12.5. The number of fused-ring (bicyclic) bond motifs is 1. The Labute approximate surface area is 195 Å². The highest BCUT2D eigenvalue weighted by molar-refractivity contribution is 7.92. The van der Waals surface area contributed by atoms with Crippen molar-refractivity contribution in [1.82, 2.24) is 4.57 Å². The van der Waals surface area contributed by atoms with Gasteiger partial charge in [-0.1, -0.05) is 11.3 Å². The van der Waals surface area contributed by atoms with Crippen LogP contribution in [0.25, 0.3) is 10.2 Å². The van der Waals surface area contributed by atoms with Crippen LogP contribution in [0.3, 0.4) is 0 Å². The molecule has 33 heavy (non-hydrogen) atoms. The number of rotatable bonds is 9. The minimum absolute atomic E-state index is 0.00938. The number of hydrogen-bond donors (Lipinski definition) is 0. The van der Waals surface area contributed by atoms with Crippen LogP contribution >= 0.6 is 11.3 Å². The molecule has 0 aliphatic heterocycles. The summed E-state index contributed by atoms with van der Waals surface area (Å²) in [6.07, 6.45) is 0. The summed E-state index contributed by atoms with van der Waals surface area (Å²) in [5.41, 5.74) is 1.11. The van der Waals surface area contributed by atoms with E-state index in [4.69, 9.17) is 14.2 Å². The molecule has 1 heterocycles. The summed E-state index contributed by atoms with van der Waals surface area (Å²) in [6, 6.07) is 10.8. The third kappa shape index (κ3) is 5.86. The summed E-state index contributed by atoms with van der Waals surface area (Å²) in [6.45, 7) is 3.19. The summed E-state index contributed by atoms with van der Waals surface area (Å²) < 4.78 is 43.0. The van der Waals surface area contributed by atoms with Crippen molar-refractivity contribution in [3.05, 3.63) is 52.8 Å². The molecule has 9 nitrogen and oxygen atoms in total. The number of sulfone groups is 1. The number of esters is 1. The molecular weight excluding hydrogens is 468 g/mol. The Kier molecular flexibility index (Phi) is 8.01. The Morgan fingerprint density at radius 3 is 2.45 bits per heavy atom. The number of hydrogen-bond acceptors (Lipinski definition) is 8. The standard InChI is InChI=1S/C22H24N2O7S2/c1-4-31-12-11-24-18-10-5-15(21(26)30-3)13-19(18)32-22(24)23-20(25)14-33(27,28)17-8-6-16(29-2)7-9-17/h5-10,13H,4,11-12,14H2,1-3H3. The molecule has 0 fully saturated rings. The van der Waals surface area contributed by atoms with Gasteiger partial charge in [-0.05, 0) is 49.4 Å². The van der Waals surface area contributed by atoms with Gasteiger partial charge in [0, 0.05) is 13.2 Å². The van der Waals surface area contributed by atoms with Crippen LogP contribution in [0.5, 0.6) is 5.75 Å². The first-order valence-electron chi connectivity index (χ1n) is 10.0. The molecule has 1 aromatic heterocycles. The second-order valence-electron chi connectivity index (χ2n) is 6.85. The Morgan fingerprint density at radius 2 is 1.82 bits per heavy atom. The fourth-order valence-corrected chi connectivity index (χ4v) is 5.31. The van der Waals surface area contributed by atoms with Crippen molar-refractivity contribution in [2.24, 2.45) is 4.99 Å². The van der Waals surface area contributed by atoms with E-state index in [1.165, 1.54) is 49.8 Å². The van der Waals surface area contributed by atoms with Crippen LogP contribution in [-0.4, -0.2) is 58.0 Å². The highest BCUT2D eigenvalue weighted by Crippen LogP contribution is 2.20. The van der Waals surface area contributed by atoms with Gasteiger partial charge in [0.2, 0.25) is 0 Å². The summed E-state index contributed by atoms with van der Waals surface area (Å²) in [5.74, 6) is -1.54. The van der Waals surface area contributed by atoms with Crippen LogP contribution in [0, 0.1) is 0 Å². The normalized spacial score (nSPS) is 12.2. The van der Waals surface area contributed by atoms with E-state index in [0.717, 1.165) is 5.52 Å². The first-order chi connectivity index (χ1) is 15.8. The van der Waals surface area contributed by atoms with Crippen LogP contribution < -0.4 is 9.54 Å². The second-order valence-corrected chi connectivity index (χ2v) is 9.85. The number of benzene rings is 2. The van der Waals surface area contributed by atoms with Crippen molar-refractivity contribution >= 4 is 43.3 Å². The average molecular weight is 493 g/mol. The summed E-state index contributed by atoms with van der Waals surface area (Å²) in [7, 11) is -1.10. The van der Waals surface area contributed by atoms with Crippen molar-refractivity contribution in [1.29, 1.82) is 0 Å². The summed E-state index contributed by atoms with van der Waals surface area (Å²) >= 11 is 1.18. The lowest BCUT2D eigenvalue weighted by atomic mass is 10.2. The fourth-order valence-electron chi connectivity index (χ4n) is 3.09. The van der Waals surface area contributed by atoms with E-state index in [-0.39, 0.29) is 4.90 Å². The lowest BCUT2D eigenvalue weighted by Gasteiger charge is -2.06. The number of methoxy groups -OCH3 is 2. The molecule has 0 saturated heterocycles. The minimum atomic E-state index is -3.88. The summed E-state index contributed by atoms with van der Waals surface area (Å²) in [4.78, 5) is 28.9. The molecule has 0 radical (unpaired) electrons. The molecule has 0 aliphatic rings. The van der Waals surface area contributed by atoms with Crippen molar-refractivity contribution < 1.29 is 32.2 Å². The summed E-state index contributed by atoms with van der Waals surface area (Å²) in [5, 5.41) is 0. The molecule has 0 bridgehead atoms. The van der Waals surface area contributed by atoms with Crippen LogP contribution in [0.4, 0.5) is 0 Å². The highest BCUT2D eigenvalue weighted by atomic mass is 32.2. The van der Waals surface area contributed by atoms with E-state index in [2.05, 4.69) is 4.99 Å². The number of ether oxygens (including phenoxy) is 3. The Hall–Kier alpha value is -3.02. The predicted octanol–water partition coefficient (Wildman–Crippen LogP) is 2.44. The zero-order chi connectivity index (χ0) is 24.0.